The Bertz CT molecular complexity index is 1280. The van der Waals surface area contributed by atoms with Crippen LogP contribution in [0, 0.1) is 0 Å². The Morgan fingerprint density at radius 1 is 0.767 bits per heavy atom. The monoisotopic (exact) mass is 409 g/mol. The molecule has 0 fully saturated rings. The number of aromatic hydroxyl groups is 1. The molecule has 3 aromatic carbocycles. The van der Waals surface area contributed by atoms with Gasteiger partial charge in [0.15, 0.2) is 5.65 Å². The Hall–Kier alpha value is -3.57. The van der Waals surface area contributed by atoms with Crippen LogP contribution in [0.4, 0.5) is 0 Å². The highest BCUT2D eigenvalue weighted by atomic mass is 32.2. The lowest BCUT2D eigenvalue weighted by atomic mass is 10.1. The van der Waals surface area contributed by atoms with Crippen molar-refractivity contribution in [3.63, 3.8) is 0 Å². The van der Waals surface area contributed by atoms with Crippen molar-refractivity contribution in [3.8, 4) is 17.0 Å². The smallest absolute Gasteiger partial charge is 0.219 e. The number of nitrogens with zero attached hydrogens (tertiary/aromatic N) is 3. The van der Waals surface area contributed by atoms with Crippen LogP contribution in [0.1, 0.15) is 11.1 Å². The summed E-state index contributed by atoms with van der Waals surface area (Å²) in [5.41, 5.74) is 4.43. The van der Waals surface area contributed by atoms with E-state index in [1.807, 2.05) is 48.5 Å². The Morgan fingerprint density at radius 2 is 1.43 bits per heavy atom. The van der Waals surface area contributed by atoms with E-state index in [4.69, 9.17) is 0 Å². The molecule has 0 aliphatic carbocycles. The second-order valence-electron chi connectivity index (χ2n) is 7.00. The standard InChI is InChI=1S/C25H19N3OS/c29-25-20(15-18-7-3-1-4-8-18)16-26-24-23(17-27-28(24)25)19-11-13-22(14-12-19)30-21-9-5-2-6-10-21/h1-14,16-17,29H,15H2. The third kappa shape index (κ3) is 3.67. The Labute approximate surface area is 178 Å². The first-order valence-electron chi connectivity index (χ1n) is 9.70. The minimum absolute atomic E-state index is 0.131. The fourth-order valence-corrected chi connectivity index (χ4v) is 4.26. The van der Waals surface area contributed by atoms with Gasteiger partial charge in [-0.1, -0.05) is 72.4 Å². The Kier molecular flexibility index (Phi) is 4.95. The summed E-state index contributed by atoms with van der Waals surface area (Å²) in [6.45, 7) is 0. The van der Waals surface area contributed by atoms with Gasteiger partial charge in [-0.3, -0.25) is 0 Å². The van der Waals surface area contributed by atoms with Crippen molar-refractivity contribution >= 4 is 17.4 Å². The predicted molar refractivity (Wildman–Crippen MR) is 120 cm³/mol. The van der Waals surface area contributed by atoms with E-state index in [-0.39, 0.29) is 5.88 Å². The first kappa shape index (κ1) is 18.5. The van der Waals surface area contributed by atoms with Gasteiger partial charge in [0.1, 0.15) is 0 Å². The summed E-state index contributed by atoms with van der Waals surface area (Å²) in [6, 6.07) is 28.7. The zero-order valence-electron chi connectivity index (χ0n) is 16.1. The molecule has 0 amide bonds. The Morgan fingerprint density at radius 3 is 2.17 bits per heavy atom. The summed E-state index contributed by atoms with van der Waals surface area (Å²) in [6.07, 6.45) is 4.10. The number of fused-ring (bicyclic) bond motifs is 1. The van der Waals surface area contributed by atoms with Gasteiger partial charge in [0.2, 0.25) is 5.88 Å². The quantitative estimate of drug-likeness (QED) is 0.396. The van der Waals surface area contributed by atoms with Gasteiger partial charge in [-0.25, -0.2) is 4.98 Å². The van der Waals surface area contributed by atoms with Gasteiger partial charge in [0, 0.05) is 33.5 Å². The molecule has 1 N–H and O–H groups in total. The van der Waals surface area contributed by atoms with E-state index in [1.54, 1.807) is 24.2 Å². The predicted octanol–water partition coefficient (Wildman–Crippen LogP) is 5.84. The molecule has 5 rings (SSSR count). The summed E-state index contributed by atoms with van der Waals surface area (Å²) in [4.78, 5) is 6.98. The average Bonchev–Trinajstić information content (AvgIpc) is 3.23. The van der Waals surface area contributed by atoms with Crippen LogP contribution < -0.4 is 0 Å². The largest absolute Gasteiger partial charge is 0.493 e. The van der Waals surface area contributed by atoms with E-state index in [0.29, 0.717) is 12.1 Å². The third-order valence-electron chi connectivity index (χ3n) is 4.96. The number of rotatable bonds is 5. The van der Waals surface area contributed by atoms with Gasteiger partial charge >= 0.3 is 0 Å². The summed E-state index contributed by atoms with van der Waals surface area (Å²) in [5.74, 6) is 0.131. The first-order chi connectivity index (χ1) is 14.8. The summed E-state index contributed by atoms with van der Waals surface area (Å²) in [5, 5.41) is 15.1. The SMILES string of the molecule is Oc1c(Cc2ccccc2)cnc2c(-c3ccc(Sc4ccccc4)cc3)cnn12. The van der Waals surface area contributed by atoms with Crippen molar-refractivity contribution in [2.75, 3.05) is 0 Å². The molecule has 0 unspecified atom stereocenters. The van der Waals surface area contributed by atoms with Crippen LogP contribution in [-0.2, 0) is 6.42 Å². The van der Waals surface area contributed by atoms with Gasteiger partial charge in [0.05, 0.1) is 6.20 Å². The highest BCUT2D eigenvalue weighted by Gasteiger charge is 2.14. The molecular formula is C25H19N3OS. The lowest BCUT2D eigenvalue weighted by molar-refractivity contribution is 0.429. The molecule has 0 aliphatic heterocycles. The fraction of sp³-hybridized carbons (Fsp3) is 0.0400. The van der Waals surface area contributed by atoms with Gasteiger partial charge in [0.25, 0.3) is 0 Å². The van der Waals surface area contributed by atoms with Crippen LogP contribution in [0.25, 0.3) is 16.8 Å². The average molecular weight is 410 g/mol. The van der Waals surface area contributed by atoms with E-state index in [2.05, 4.69) is 46.5 Å². The van der Waals surface area contributed by atoms with Crippen molar-refractivity contribution in [2.24, 2.45) is 0 Å². The molecule has 0 saturated heterocycles. The molecule has 0 atom stereocenters. The van der Waals surface area contributed by atoms with Gasteiger partial charge in [-0.2, -0.15) is 9.61 Å². The molecule has 0 aliphatic rings. The summed E-state index contributed by atoms with van der Waals surface area (Å²) in [7, 11) is 0. The normalized spacial score (nSPS) is 11.1. The number of benzene rings is 3. The molecule has 5 heteroatoms. The van der Waals surface area contributed by atoms with Crippen molar-refractivity contribution in [1.29, 1.82) is 0 Å². The molecule has 2 aromatic heterocycles. The van der Waals surface area contributed by atoms with Crippen LogP contribution in [-0.4, -0.2) is 19.7 Å². The molecule has 0 saturated carbocycles. The highest BCUT2D eigenvalue weighted by Crippen LogP contribution is 2.32. The summed E-state index contributed by atoms with van der Waals surface area (Å²) >= 11 is 1.73. The zero-order chi connectivity index (χ0) is 20.3. The molecule has 146 valence electrons. The number of aromatic nitrogens is 3. The van der Waals surface area contributed by atoms with Crippen molar-refractivity contribution in [3.05, 3.63) is 108 Å². The molecule has 30 heavy (non-hydrogen) atoms. The van der Waals surface area contributed by atoms with Crippen LogP contribution in [0.3, 0.4) is 0 Å². The maximum Gasteiger partial charge on any atom is 0.219 e. The second-order valence-corrected chi connectivity index (χ2v) is 8.15. The Balaban J connectivity index is 1.43. The van der Waals surface area contributed by atoms with Gasteiger partial charge < -0.3 is 5.11 Å². The first-order valence-corrected chi connectivity index (χ1v) is 10.5. The summed E-state index contributed by atoms with van der Waals surface area (Å²) < 4.78 is 1.51. The molecule has 2 heterocycles. The molecule has 0 spiro atoms. The minimum atomic E-state index is 0.131. The topological polar surface area (TPSA) is 50.4 Å². The maximum absolute atomic E-state index is 10.7. The molecule has 0 radical (unpaired) electrons. The van der Waals surface area contributed by atoms with E-state index in [9.17, 15) is 5.11 Å². The minimum Gasteiger partial charge on any atom is -0.493 e. The van der Waals surface area contributed by atoms with Crippen molar-refractivity contribution < 1.29 is 5.11 Å². The number of hydrogen-bond acceptors (Lipinski definition) is 4. The van der Waals surface area contributed by atoms with Crippen molar-refractivity contribution in [2.45, 2.75) is 16.2 Å². The third-order valence-corrected chi connectivity index (χ3v) is 5.97. The lowest BCUT2D eigenvalue weighted by Crippen LogP contribution is -1.98. The van der Waals surface area contributed by atoms with E-state index >= 15 is 0 Å². The van der Waals surface area contributed by atoms with Crippen LogP contribution in [0.15, 0.2) is 107 Å². The van der Waals surface area contributed by atoms with Gasteiger partial charge in [-0.15, -0.1) is 0 Å². The molecule has 0 bridgehead atoms. The van der Waals surface area contributed by atoms with Gasteiger partial charge in [-0.05, 0) is 35.4 Å². The highest BCUT2D eigenvalue weighted by molar-refractivity contribution is 7.99. The second kappa shape index (κ2) is 8.05. The van der Waals surface area contributed by atoms with E-state index < -0.39 is 0 Å². The lowest BCUT2D eigenvalue weighted by Gasteiger charge is -2.07. The maximum atomic E-state index is 10.7. The molecular weight excluding hydrogens is 390 g/mol. The van der Waals surface area contributed by atoms with E-state index in [0.717, 1.165) is 22.3 Å². The number of hydrogen-bond donors (Lipinski definition) is 1. The fourth-order valence-electron chi connectivity index (χ4n) is 3.43. The molecule has 5 aromatic rings. The van der Waals surface area contributed by atoms with E-state index in [1.165, 1.54) is 14.3 Å². The zero-order valence-corrected chi connectivity index (χ0v) is 17.0. The van der Waals surface area contributed by atoms with Crippen molar-refractivity contribution in [1.82, 2.24) is 14.6 Å². The van der Waals surface area contributed by atoms with Crippen LogP contribution in [0.5, 0.6) is 5.88 Å². The molecule has 4 nitrogen and oxygen atoms in total. The van der Waals surface area contributed by atoms with Crippen LogP contribution in [0.2, 0.25) is 0 Å². The van der Waals surface area contributed by atoms with Crippen LogP contribution >= 0.6 is 11.8 Å².